The number of hydrogen-bond acceptors (Lipinski definition) is 11. The third kappa shape index (κ3) is 8.33. The highest BCUT2D eigenvalue weighted by Crippen LogP contribution is 2.59. The summed E-state index contributed by atoms with van der Waals surface area (Å²) >= 11 is 0.383. The Hall–Kier alpha value is -4.30. The Labute approximate surface area is 293 Å². The third-order valence-electron chi connectivity index (χ3n) is 8.20. The van der Waals surface area contributed by atoms with Gasteiger partial charge in [0.1, 0.15) is 29.9 Å². The average molecular weight is 768 g/mol. The first-order valence-corrected chi connectivity index (χ1v) is 16.2. The number of benzene rings is 2. The van der Waals surface area contributed by atoms with Crippen molar-refractivity contribution < 1.29 is 73.6 Å². The fourth-order valence-corrected chi connectivity index (χ4v) is 7.81. The summed E-state index contributed by atoms with van der Waals surface area (Å²) in [4.78, 5) is 36.8. The first-order chi connectivity index (χ1) is 24.2. The lowest BCUT2D eigenvalue weighted by molar-refractivity contribution is -0.214. The van der Waals surface area contributed by atoms with E-state index in [1.807, 2.05) is 0 Å². The molecule has 1 saturated carbocycles. The number of aromatic nitrogens is 3. The van der Waals surface area contributed by atoms with Crippen LogP contribution in [-0.4, -0.2) is 79.9 Å². The summed E-state index contributed by atoms with van der Waals surface area (Å²) in [7, 11) is 0. The Morgan fingerprint density at radius 1 is 1.00 bits per heavy atom. The number of carbonyl (C=O) groups excluding carboxylic acids is 3. The maximum absolute atomic E-state index is 14.3. The van der Waals surface area contributed by atoms with E-state index in [1.165, 1.54) is 6.07 Å². The summed E-state index contributed by atoms with van der Waals surface area (Å²) in [5.74, 6) is -11.2. The quantitative estimate of drug-likeness (QED) is 0.118. The van der Waals surface area contributed by atoms with Crippen LogP contribution in [0.4, 0.5) is 35.1 Å². The van der Waals surface area contributed by atoms with Gasteiger partial charge >= 0.3 is 24.1 Å². The van der Waals surface area contributed by atoms with Gasteiger partial charge in [-0.1, -0.05) is 23.4 Å². The summed E-state index contributed by atoms with van der Waals surface area (Å²) in [6, 6.07) is 3.56. The lowest BCUT2D eigenvalue weighted by Crippen LogP contribution is -2.59. The van der Waals surface area contributed by atoms with E-state index in [0.717, 1.165) is 43.8 Å². The molecule has 20 heteroatoms. The van der Waals surface area contributed by atoms with Crippen LogP contribution < -0.4 is 0 Å². The fraction of sp³-hybridized carbons (Fsp3) is 0.469. The molecule has 2 aliphatic rings. The van der Waals surface area contributed by atoms with Gasteiger partial charge in [0, 0.05) is 39.2 Å². The molecular formula is C32H29F8N3O8S. The van der Waals surface area contributed by atoms with Crippen molar-refractivity contribution in [2.24, 2.45) is 0 Å². The molecule has 0 bridgehead atoms. The zero-order chi connectivity index (χ0) is 38.3. The van der Waals surface area contributed by atoms with Crippen LogP contribution >= 0.6 is 11.8 Å². The van der Waals surface area contributed by atoms with Gasteiger partial charge in [0.05, 0.1) is 22.6 Å². The predicted molar refractivity (Wildman–Crippen MR) is 162 cm³/mol. The zero-order valence-corrected chi connectivity index (χ0v) is 28.0. The van der Waals surface area contributed by atoms with Crippen molar-refractivity contribution in [3.8, 4) is 11.3 Å². The molecule has 1 unspecified atom stereocenters. The van der Waals surface area contributed by atoms with Crippen molar-refractivity contribution in [3.05, 3.63) is 71.2 Å². The van der Waals surface area contributed by atoms with E-state index in [9.17, 15) is 54.6 Å². The smallest absolute Gasteiger partial charge is 0.416 e. The molecule has 3 aromatic rings. The highest BCUT2D eigenvalue weighted by atomic mass is 32.2. The van der Waals surface area contributed by atoms with Gasteiger partial charge in [-0.25, -0.2) is 26.6 Å². The number of hydrogen-bond donors (Lipinski definition) is 1. The lowest BCUT2D eigenvalue weighted by Gasteiger charge is -2.51. The van der Waals surface area contributed by atoms with Gasteiger partial charge in [-0.15, -0.1) is 16.9 Å². The summed E-state index contributed by atoms with van der Waals surface area (Å²) in [5.41, 5.74) is -6.65. The predicted octanol–water partition coefficient (Wildman–Crippen LogP) is 5.71. The molecule has 0 radical (unpaired) electrons. The Bertz CT molecular complexity index is 1810. The molecule has 0 amide bonds. The topological polar surface area (TPSA) is 139 Å². The highest BCUT2D eigenvalue weighted by Gasteiger charge is 2.62. The van der Waals surface area contributed by atoms with Crippen molar-refractivity contribution >= 4 is 29.7 Å². The van der Waals surface area contributed by atoms with E-state index in [-0.39, 0.29) is 11.3 Å². The molecule has 1 N–H and O–H groups in total. The van der Waals surface area contributed by atoms with Crippen LogP contribution in [0.3, 0.4) is 0 Å². The largest absolute Gasteiger partial charge is 0.463 e. The summed E-state index contributed by atoms with van der Waals surface area (Å²) in [6.07, 6.45) is -11.3. The van der Waals surface area contributed by atoms with Crippen LogP contribution in [0.25, 0.3) is 11.3 Å². The van der Waals surface area contributed by atoms with E-state index < -0.39 is 119 Å². The molecule has 52 heavy (non-hydrogen) atoms. The number of thioether (sulfide) groups is 1. The summed E-state index contributed by atoms with van der Waals surface area (Å²) in [5, 5.41) is 17.4. The molecule has 1 aliphatic carbocycles. The zero-order valence-electron chi connectivity index (χ0n) is 27.2. The first kappa shape index (κ1) is 38.9. The van der Waals surface area contributed by atoms with Crippen LogP contribution in [0.2, 0.25) is 0 Å². The normalized spacial score (nSPS) is 24.3. The van der Waals surface area contributed by atoms with Gasteiger partial charge in [-0.3, -0.25) is 14.4 Å². The van der Waals surface area contributed by atoms with E-state index >= 15 is 0 Å². The molecule has 1 aliphatic heterocycles. The molecule has 2 heterocycles. The molecule has 282 valence electrons. The standard InChI is InChI=1S/C32H29F8N3O8S/c1-14(44)48-11-23-26(49-15(2)45)25(43-10-22(41-42-43)17-8-20(33)24(35)21(34)9-17)27(50-16(3)46)29(51-23)52-28(30(47)12-31(36,37)13-30)18-6-4-5-7-19(18)32(38,39)40/h4-10,23,25-29,47H,11-13H2,1-3H3/t23-,25+,26+,27-,28?,29+/m1/s1. The maximum Gasteiger partial charge on any atom is 0.416 e. The van der Waals surface area contributed by atoms with Crippen LogP contribution in [-0.2, 0) is 39.5 Å². The Kier molecular flexibility index (Phi) is 10.9. The fourth-order valence-electron chi connectivity index (χ4n) is 6.19. The van der Waals surface area contributed by atoms with Crippen LogP contribution in [0, 0.1) is 17.5 Å². The van der Waals surface area contributed by atoms with Crippen LogP contribution in [0.5, 0.6) is 0 Å². The molecule has 6 atom stereocenters. The van der Waals surface area contributed by atoms with Gasteiger partial charge in [0.15, 0.2) is 29.7 Å². The van der Waals surface area contributed by atoms with E-state index in [2.05, 4.69) is 10.3 Å². The lowest BCUT2D eigenvalue weighted by atomic mass is 9.72. The van der Waals surface area contributed by atoms with Crippen molar-refractivity contribution in [1.29, 1.82) is 0 Å². The Balaban J connectivity index is 1.67. The van der Waals surface area contributed by atoms with E-state index in [4.69, 9.17) is 18.9 Å². The molecule has 0 spiro atoms. The average Bonchev–Trinajstić information content (AvgIpc) is 3.50. The van der Waals surface area contributed by atoms with E-state index in [1.54, 1.807) is 0 Å². The third-order valence-corrected chi connectivity index (χ3v) is 9.82. The van der Waals surface area contributed by atoms with Gasteiger partial charge < -0.3 is 24.1 Å². The molecule has 11 nitrogen and oxygen atoms in total. The second-order valence-corrected chi connectivity index (χ2v) is 13.4. The number of carbonyl (C=O) groups is 3. The number of nitrogens with zero attached hydrogens (tertiary/aromatic N) is 3. The first-order valence-electron chi connectivity index (χ1n) is 15.3. The monoisotopic (exact) mass is 767 g/mol. The molecule has 1 saturated heterocycles. The molecule has 1 aromatic heterocycles. The van der Waals surface area contributed by atoms with Crippen molar-refractivity contribution in [1.82, 2.24) is 15.0 Å². The van der Waals surface area contributed by atoms with Crippen molar-refractivity contribution in [3.63, 3.8) is 0 Å². The Morgan fingerprint density at radius 3 is 2.15 bits per heavy atom. The van der Waals surface area contributed by atoms with Gasteiger partial charge in [0.25, 0.3) is 5.92 Å². The Morgan fingerprint density at radius 2 is 1.60 bits per heavy atom. The minimum absolute atomic E-state index is 0.281. The number of rotatable bonds is 10. The van der Waals surface area contributed by atoms with Gasteiger partial charge in [0.2, 0.25) is 0 Å². The maximum atomic E-state index is 14.3. The second-order valence-electron chi connectivity index (χ2n) is 12.2. The van der Waals surface area contributed by atoms with Crippen LogP contribution in [0.1, 0.15) is 56.0 Å². The number of halogens is 8. The number of aliphatic hydroxyl groups is 1. The second kappa shape index (κ2) is 14.6. The number of esters is 3. The number of ether oxygens (including phenoxy) is 4. The minimum atomic E-state index is -5.02. The van der Waals surface area contributed by atoms with E-state index in [0.29, 0.717) is 30.0 Å². The van der Waals surface area contributed by atoms with Crippen molar-refractivity contribution in [2.45, 2.75) is 86.4 Å². The van der Waals surface area contributed by atoms with Gasteiger partial charge in [-0.2, -0.15) is 13.2 Å². The molecule has 2 fully saturated rings. The molecular weight excluding hydrogens is 738 g/mol. The summed E-state index contributed by atoms with van der Waals surface area (Å²) < 4.78 is 137. The summed E-state index contributed by atoms with van der Waals surface area (Å²) in [6.45, 7) is 2.26. The molecule has 2 aromatic carbocycles. The molecule has 5 rings (SSSR count). The van der Waals surface area contributed by atoms with Crippen molar-refractivity contribution in [2.75, 3.05) is 6.61 Å². The van der Waals surface area contributed by atoms with Gasteiger partial charge in [-0.05, 0) is 23.8 Å². The SMILES string of the molecule is CC(=O)OC[C@H]1O[C@@H](SC(c2ccccc2C(F)(F)F)C2(O)CC(F)(F)C2)[C@H](OC(C)=O)[C@@H](n2cc(-c3cc(F)c(F)c(F)c3)nn2)[C@H]1OC(C)=O. The minimum Gasteiger partial charge on any atom is -0.463 e. The number of alkyl halides is 5. The highest BCUT2D eigenvalue weighted by molar-refractivity contribution is 8.00. The van der Waals surface area contributed by atoms with Crippen LogP contribution in [0.15, 0.2) is 42.6 Å².